The lowest BCUT2D eigenvalue weighted by Crippen LogP contribution is -2.28. The minimum atomic E-state index is -4.88. The first kappa shape index (κ1) is 14.4. The van der Waals surface area contributed by atoms with Crippen LogP contribution in [-0.2, 0) is 22.6 Å². The van der Waals surface area contributed by atoms with Crippen LogP contribution in [0.3, 0.4) is 0 Å². The maximum absolute atomic E-state index is 11.0. The van der Waals surface area contributed by atoms with E-state index in [9.17, 15) is 9.13 Å². The van der Waals surface area contributed by atoms with Crippen LogP contribution in [0.4, 0.5) is 0 Å². The van der Waals surface area contributed by atoms with Crippen molar-refractivity contribution in [3.05, 3.63) is 24.3 Å². The Morgan fingerprint density at radius 3 is 2.18 bits per heavy atom. The van der Waals surface area contributed by atoms with Crippen LogP contribution >= 0.6 is 15.2 Å². The zero-order valence-corrected chi connectivity index (χ0v) is 10.7. The van der Waals surface area contributed by atoms with Crippen molar-refractivity contribution in [3.8, 4) is 0 Å². The first-order chi connectivity index (χ1) is 7.60. The van der Waals surface area contributed by atoms with Gasteiger partial charge in [0.2, 0.25) is 0 Å². The fourth-order valence-corrected chi connectivity index (χ4v) is 3.61. The van der Waals surface area contributed by atoms with Gasteiger partial charge in [0.25, 0.3) is 6.33 Å². The number of rotatable bonds is 4. The molecule has 0 atom stereocenters. The van der Waals surface area contributed by atoms with E-state index in [-0.39, 0.29) is 5.69 Å². The van der Waals surface area contributed by atoms with Gasteiger partial charge in [-0.2, -0.15) is 0 Å². The molecule has 10 heteroatoms. The fraction of sp³-hybridized carbons (Fsp3) is 0.429. The fourth-order valence-electron chi connectivity index (χ4n) is 1.19. The number of hydrogen-bond acceptors (Lipinski definition) is 3. The smallest absolute Gasteiger partial charge is 0.324 e. The van der Waals surface area contributed by atoms with Crippen LogP contribution in [0.5, 0.6) is 0 Å². The summed E-state index contributed by atoms with van der Waals surface area (Å²) in [5.41, 5.74) is 0.208. The average Bonchev–Trinajstić information content (AvgIpc) is 2.13. The third-order valence-corrected chi connectivity index (χ3v) is 5.80. The molecule has 0 aliphatic carbocycles. The van der Waals surface area contributed by atoms with Gasteiger partial charge in [0, 0.05) is 12.5 Å². The number of nitrogens with zero attached hydrogens (tertiary/aromatic N) is 2. The molecule has 0 radical (unpaired) electrons. The Balaban J connectivity index is 3.00. The van der Waals surface area contributed by atoms with Crippen molar-refractivity contribution in [2.75, 3.05) is 0 Å². The molecular weight excluding hydrogens is 270 g/mol. The van der Waals surface area contributed by atoms with Crippen LogP contribution in [0.2, 0.25) is 0 Å². The van der Waals surface area contributed by atoms with Gasteiger partial charge in [0.15, 0.2) is 11.1 Å². The molecule has 0 bridgehead atoms. The van der Waals surface area contributed by atoms with Crippen molar-refractivity contribution < 1.29 is 33.3 Å². The molecule has 0 unspecified atom stereocenters. The van der Waals surface area contributed by atoms with Gasteiger partial charge in [-0.05, 0) is 0 Å². The van der Waals surface area contributed by atoms with Gasteiger partial charge in [-0.3, -0.25) is 9.13 Å². The Morgan fingerprint density at radius 1 is 1.29 bits per heavy atom. The maximum Gasteiger partial charge on any atom is 0.341 e. The van der Waals surface area contributed by atoms with Crippen LogP contribution < -0.4 is 4.57 Å². The number of aryl methyl sites for hydroxylation is 1. The van der Waals surface area contributed by atoms with E-state index in [0.29, 0.717) is 0 Å². The lowest BCUT2D eigenvalue weighted by atomic mass is 10.3. The zero-order chi connectivity index (χ0) is 13.3. The molecule has 0 saturated heterocycles. The van der Waals surface area contributed by atoms with Crippen molar-refractivity contribution >= 4 is 15.2 Å². The van der Waals surface area contributed by atoms with E-state index in [4.69, 9.17) is 19.6 Å². The second-order valence-electron chi connectivity index (χ2n) is 3.58. The predicted molar refractivity (Wildman–Crippen MR) is 57.0 cm³/mol. The van der Waals surface area contributed by atoms with E-state index in [1.807, 2.05) is 0 Å². The Bertz CT molecular complexity index is 456. The zero-order valence-electron chi connectivity index (χ0n) is 8.91. The van der Waals surface area contributed by atoms with Crippen LogP contribution in [0, 0.1) is 0 Å². The van der Waals surface area contributed by atoms with E-state index in [1.54, 1.807) is 17.8 Å². The minimum Gasteiger partial charge on any atom is -0.324 e. The third-order valence-electron chi connectivity index (χ3n) is 2.08. The van der Waals surface area contributed by atoms with E-state index in [2.05, 4.69) is 4.98 Å². The van der Waals surface area contributed by atoms with Crippen molar-refractivity contribution in [1.29, 1.82) is 0 Å². The van der Waals surface area contributed by atoms with Crippen LogP contribution in [0.1, 0.15) is 5.69 Å². The summed E-state index contributed by atoms with van der Waals surface area (Å²) in [6, 6.07) is 1.44. The molecule has 96 valence electrons. The molecular formula is C7H13N2O6P2+. The van der Waals surface area contributed by atoms with Crippen LogP contribution in [-0.4, -0.2) is 30.0 Å². The normalized spacial score (nSPS) is 13.1. The summed E-state index contributed by atoms with van der Waals surface area (Å²) in [6.07, 6.45) is 2.47. The molecule has 1 aromatic heterocycles. The molecule has 0 fully saturated rings. The van der Waals surface area contributed by atoms with Crippen LogP contribution in [0.15, 0.2) is 18.6 Å². The molecule has 0 saturated carbocycles. The summed E-state index contributed by atoms with van der Waals surface area (Å²) < 4.78 is 23.6. The molecule has 0 aliphatic heterocycles. The quantitative estimate of drug-likeness (QED) is 0.417. The first-order valence-corrected chi connectivity index (χ1v) is 7.87. The van der Waals surface area contributed by atoms with E-state index >= 15 is 0 Å². The lowest BCUT2D eigenvalue weighted by Gasteiger charge is -2.17. The highest BCUT2D eigenvalue weighted by atomic mass is 31.2. The largest absolute Gasteiger partial charge is 0.341 e. The molecule has 4 N–H and O–H groups in total. The predicted octanol–water partition coefficient (Wildman–Crippen LogP) is -0.870. The van der Waals surface area contributed by atoms with E-state index in [1.165, 1.54) is 12.4 Å². The molecule has 1 rings (SSSR count). The van der Waals surface area contributed by atoms with E-state index in [0.717, 1.165) is 0 Å². The monoisotopic (exact) mass is 283 g/mol. The Hall–Kier alpha value is -0.620. The molecule has 17 heavy (non-hydrogen) atoms. The minimum absolute atomic E-state index is 0.208. The van der Waals surface area contributed by atoms with Crippen molar-refractivity contribution in [2.45, 2.75) is 11.8 Å². The Labute approximate surface area is 97.3 Å². The molecule has 1 heterocycles. The summed E-state index contributed by atoms with van der Waals surface area (Å²) in [6.45, 7) is 0. The number of aromatic nitrogens is 2. The highest BCUT2D eigenvalue weighted by Crippen LogP contribution is 2.60. The second-order valence-corrected chi connectivity index (χ2v) is 7.59. The van der Waals surface area contributed by atoms with Gasteiger partial charge in [0.05, 0.1) is 13.2 Å². The van der Waals surface area contributed by atoms with Gasteiger partial charge in [-0.15, -0.1) is 0 Å². The van der Waals surface area contributed by atoms with Crippen molar-refractivity contribution in [3.63, 3.8) is 0 Å². The topological polar surface area (TPSA) is 132 Å². The Kier molecular flexibility index (Phi) is 4.19. The Morgan fingerprint density at radius 2 is 1.82 bits per heavy atom. The van der Waals surface area contributed by atoms with Gasteiger partial charge in [0.1, 0.15) is 0 Å². The molecule has 0 amide bonds. The third kappa shape index (κ3) is 4.27. The molecule has 8 nitrogen and oxygen atoms in total. The standard InChI is InChI=1S/C7H12N2O6P2/c1-9-3-2-6(8-5-9)4-7(16(10,11)12)17(13,14)15/h2-3,5,7H,4H2,1H3,(H3-,10,11,12,13,14,15)/p+1. The highest BCUT2D eigenvalue weighted by Gasteiger charge is 2.44. The first-order valence-electron chi connectivity index (χ1n) is 4.51. The highest BCUT2D eigenvalue weighted by molar-refractivity contribution is 7.70. The van der Waals surface area contributed by atoms with Gasteiger partial charge < -0.3 is 19.6 Å². The average molecular weight is 283 g/mol. The molecule has 1 aromatic rings. The SMILES string of the molecule is C[n+]1ccc(CC(P(=O)(O)O)P(=O)(O)O)nc1. The summed E-state index contributed by atoms with van der Waals surface area (Å²) in [5.74, 6) is 0. The summed E-state index contributed by atoms with van der Waals surface area (Å²) in [4.78, 5) is 39.5. The summed E-state index contributed by atoms with van der Waals surface area (Å²) >= 11 is 0. The summed E-state index contributed by atoms with van der Waals surface area (Å²) in [7, 11) is -8.07. The molecule has 0 aromatic carbocycles. The second kappa shape index (κ2) is 4.94. The van der Waals surface area contributed by atoms with E-state index < -0.39 is 27.0 Å². The van der Waals surface area contributed by atoms with Gasteiger partial charge >= 0.3 is 15.2 Å². The number of hydrogen-bond donors (Lipinski definition) is 4. The maximum atomic E-state index is 11.0. The molecule has 0 spiro atoms. The molecule has 0 aliphatic rings. The van der Waals surface area contributed by atoms with Gasteiger partial charge in [-0.25, -0.2) is 4.57 Å². The van der Waals surface area contributed by atoms with Crippen molar-refractivity contribution in [2.24, 2.45) is 7.05 Å². The summed E-state index contributed by atoms with van der Waals surface area (Å²) in [5, 5.41) is -2.05. The van der Waals surface area contributed by atoms with Gasteiger partial charge in [-0.1, -0.05) is 4.98 Å². The van der Waals surface area contributed by atoms with Crippen molar-refractivity contribution in [1.82, 2.24) is 4.98 Å². The van der Waals surface area contributed by atoms with Crippen LogP contribution in [0.25, 0.3) is 0 Å². The lowest BCUT2D eigenvalue weighted by molar-refractivity contribution is -0.674.